The van der Waals surface area contributed by atoms with Gasteiger partial charge in [0.2, 0.25) is 0 Å². The third kappa shape index (κ3) is 4.13. The van der Waals surface area contributed by atoms with Crippen LogP contribution >= 0.6 is 0 Å². The molecule has 3 aromatic carbocycles. The lowest BCUT2D eigenvalue weighted by Crippen LogP contribution is -2.49. The number of fused-ring (bicyclic) bond motifs is 2. The predicted octanol–water partition coefficient (Wildman–Crippen LogP) is 7.26. The molecule has 0 aromatic heterocycles. The normalized spacial score (nSPS) is 16.3. The quantitative estimate of drug-likeness (QED) is 0.314. The highest BCUT2D eigenvalue weighted by Gasteiger charge is 2.39. The van der Waals surface area contributed by atoms with E-state index in [0.29, 0.717) is 5.71 Å². The van der Waals surface area contributed by atoms with Crippen molar-refractivity contribution in [2.24, 2.45) is 10.2 Å². The van der Waals surface area contributed by atoms with Gasteiger partial charge in [-0.25, -0.2) is 0 Å². The van der Waals surface area contributed by atoms with Crippen molar-refractivity contribution in [2.75, 3.05) is 19.0 Å². The van der Waals surface area contributed by atoms with Gasteiger partial charge < -0.3 is 10.3 Å². The third-order valence-electron chi connectivity index (χ3n) is 6.97. The molecule has 5 rings (SSSR count). The van der Waals surface area contributed by atoms with Crippen LogP contribution in [0.15, 0.2) is 106 Å². The third-order valence-corrected chi connectivity index (χ3v) is 10.5. The summed E-state index contributed by atoms with van der Waals surface area (Å²) in [5.74, 6) is 0. The fourth-order valence-corrected chi connectivity index (χ4v) is 8.05. The molecule has 174 valence electrons. The Kier molecular flexibility index (Phi) is 5.73. The van der Waals surface area contributed by atoms with Crippen molar-refractivity contribution in [1.82, 2.24) is 0 Å². The Bertz CT molecular complexity index is 1450. The lowest BCUT2D eigenvalue weighted by Gasteiger charge is -2.38. The molecule has 0 fully saturated rings. The summed E-state index contributed by atoms with van der Waals surface area (Å²) in [5, 5.41) is 20.1. The van der Waals surface area contributed by atoms with Crippen molar-refractivity contribution >= 4 is 41.6 Å². The Labute approximate surface area is 208 Å². The molecule has 2 aliphatic rings. The van der Waals surface area contributed by atoms with Gasteiger partial charge in [-0.3, -0.25) is 0 Å². The maximum absolute atomic E-state index is 8.33. The highest BCUT2D eigenvalue weighted by Crippen LogP contribution is 2.42. The number of allylic oxidation sites excluding steroid dienone is 5. The number of nitrogens with one attached hydrogen (secondary N) is 1. The molecule has 0 bridgehead atoms. The number of anilines is 1. The second-order valence-electron chi connectivity index (χ2n) is 9.92. The minimum atomic E-state index is -2.06. The van der Waals surface area contributed by atoms with Crippen LogP contribution in [0.5, 0.6) is 0 Å². The molecule has 0 atom stereocenters. The van der Waals surface area contributed by atoms with E-state index in [1.807, 2.05) is 32.3 Å². The summed E-state index contributed by atoms with van der Waals surface area (Å²) in [7, 11) is 1.99. The summed E-state index contributed by atoms with van der Waals surface area (Å²) in [4.78, 5) is 2.07. The van der Waals surface area contributed by atoms with Crippen LogP contribution in [0.4, 0.5) is 17.1 Å². The average molecular weight is 475 g/mol. The molecule has 3 aromatic rings. The summed E-state index contributed by atoms with van der Waals surface area (Å²) in [6, 6.07) is 23.2. The monoisotopic (exact) mass is 474 g/mol. The Morgan fingerprint density at radius 3 is 2.20 bits per heavy atom. The van der Waals surface area contributed by atoms with Crippen LogP contribution in [-0.4, -0.2) is 27.9 Å². The van der Waals surface area contributed by atoms with Gasteiger partial charge in [0.05, 0.1) is 17.1 Å². The summed E-state index contributed by atoms with van der Waals surface area (Å²) < 4.78 is 0. The van der Waals surface area contributed by atoms with Crippen LogP contribution < -0.4 is 10.1 Å². The van der Waals surface area contributed by atoms with Gasteiger partial charge in [-0.05, 0) is 93.7 Å². The number of hydrogen-bond acceptors (Lipinski definition) is 4. The summed E-state index contributed by atoms with van der Waals surface area (Å²) >= 11 is 0. The summed E-state index contributed by atoms with van der Waals surface area (Å²) in [6.45, 7) is 6.92. The minimum Gasteiger partial charge on any atom is -0.378 e. The number of nitrogens with zero attached hydrogens (tertiary/aromatic N) is 3. The van der Waals surface area contributed by atoms with E-state index in [2.05, 4.69) is 102 Å². The average Bonchev–Trinajstić information content (AvgIpc) is 2.85. The maximum Gasteiger partial charge on any atom is 0.114 e. The number of rotatable bonds is 4. The number of hydrogen-bond donors (Lipinski definition) is 1. The van der Waals surface area contributed by atoms with Gasteiger partial charge in [-0.15, -0.1) is 0 Å². The van der Waals surface area contributed by atoms with Crippen molar-refractivity contribution in [1.29, 1.82) is 5.41 Å². The first-order valence-corrected chi connectivity index (χ1v) is 14.9. The topological polar surface area (TPSA) is 51.8 Å². The Morgan fingerprint density at radius 1 is 0.800 bits per heavy atom. The molecule has 4 nitrogen and oxygen atoms in total. The van der Waals surface area contributed by atoms with E-state index in [1.165, 1.54) is 38.2 Å². The zero-order chi connectivity index (χ0) is 24.7. The van der Waals surface area contributed by atoms with Gasteiger partial charge >= 0.3 is 0 Å². The molecule has 0 spiro atoms. The van der Waals surface area contributed by atoms with Gasteiger partial charge in [0.15, 0.2) is 0 Å². The molecule has 1 aliphatic heterocycles. The minimum absolute atomic E-state index is 0.564. The van der Waals surface area contributed by atoms with E-state index in [4.69, 9.17) is 5.41 Å². The summed E-state index contributed by atoms with van der Waals surface area (Å²) in [6.07, 6.45) is 6.13. The van der Waals surface area contributed by atoms with Crippen LogP contribution in [0, 0.1) is 12.3 Å². The largest absolute Gasteiger partial charge is 0.378 e. The fourth-order valence-electron chi connectivity index (χ4n) is 4.98. The molecule has 1 aliphatic carbocycles. The first-order valence-electron chi connectivity index (χ1n) is 11.9. The van der Waals surface area contributed by atoms with Gasteiger partial charge in [0.1, 0.15) is 8.07 Å². The lowest BCUT2D eigenvalue weighted by molar-refractivity contribution is 1.13. The van der Waals surface area contributed by atoms with Gasteiger partial charge in [0, 0.05) is 19.8 Å². The zero-order valence-electron chi connectivity index (χ0n) is 20.9. The summed E-state index contributed by atoms with van der Waals surface area (Å²) in [5.41, 5.74) is 9.67. The molecular formula is C30H30N4Si. The van der Waals surface area contributed by atoms with E-state index < -0.39 is 8.07 Å². The second kappa shape index (κ2) is 8.75. The first kappa shape index (κ1) is 22.9. The van der Waals surface area contributed by atoms with Crippen molar-refractivity contribution in [3.8, 4) is 0 Å². The van der Waals surface area contributed by atoms with E-state index in [-0.39, 0.29) is 0 Å². The highest BCUT2D eigenvalue weighted by molar-refractivity contribution is 6.98. The molecule has 0 unspecified atom stereocenters. The molecule has 1 N–H and O–H groups in total. The van der Waals surface area contributed by atoms with Gasteiger partial charge in [-0.2, -0.15) is 10.2 Å². The first-order chi connectivity index (χ1) is 16.8. The van der Waals surface area contributed by atoms with E-state index in [0.717, 1.165) is 17.1 Å². The second-order valence-corrected chi connectivity index (χ2v) is 14.2. The zero-order valence-corrected chi connectivity index (χ0v) is 21.9. The van der Waals surface area contributed by atoms with Crippen molar-refractivity contribution < 1.29 is 0 Å². The van der Waals surface area contributed by atoms with E-state index >= 15 is 0 Å². The fraction of sp³-hybridized carbons (Fsp3) is 0.167. The van der Waals surface area contributed by atoms with Crippen molar-refractivity contribution in [2.45, 2.75) is 20.0 Å². The van der Waals surface area contributed by atoms with Crippen LogP contribution in [0.2, 0.25) is 13.1 Å². The Balaban J connectivity index is 1.63. The van der Waals surface area contributed by atoms with Crippen LogP contribution in [0.25, 0.3) is 5.57 Å². The molecule has 35 heavy (non-hydrogen) atoms. The molecule has 5 heteroatoms. The molecule has 0 amide bonds. The van der Waals surface area contributed by atoms with Crippen LogP contribution in [0.3, 0.4) is 0 Å². The Hall–Kier alpha value is -3.83. The number of azo groups is 1. The molecule has 1 heterocycles. The maximum atomic E-state index is 8.33. The molecule has 0 saturated heterocycles. The van der Waals surface area contributed by atoms with Crippen molar-refractivity contribution in [3.05, 3.63) is 112 Å². The van der Waals surface area contributed by atoms with E-state index in [1.54, 1.807) is 0 Å². The van der Waals surface area contributed by atoms with Crippen LogP contribution in [0.1, 0.15) is 16.7 Å². The number of aryl methyl sites for hydroxylation is 1. The molecular weight excluding hydrogens is 444 g/mol. The van der Waals surface area contributed by atoms with E-state index in [9.17, 15) is 0 Å². The van der Waals surface area contributed by atoms with Gasteiger partial charge in [-0.1, -0.05) is 49.5 Å². The lowest BCUT2D eigenvalue weighted by atomic mass is 9.87. The highest BCUT2D eigenvalue weighted by atomic mass is 28.3. The molecule has 0 radical (unpaired) electrons. The predicted molar refractivity (Wildman–Crippen MR) is 151 cm³/mol. The Morgan fingerprint density at radius 2 is 1.49 bits per heavy atom. The van der Waals surface area contributed by atoms with Crippen molar-refractivity contribution in [3.63, 3.8) is 0 Å². The standard InChI is InChI=1S/C30H30N4Si/c1-20-8-6-7-9-25(20)30-26-16-10-21(31)18-28(26)35(4,5)29-19-23(13-17-27(29)30)33-32-22-11-14-24(15-12-22)34(2)3/h6-19,31H,1-5H3. The molecule has 0 saturated carbocycles. The van der Waals surface area contributed by atoms with Crippen LogP contribution in [-0.2, 0) is 0 Å². The smallest absolute Gasteiger partial charge is 0.114 e. The SMILES string of the molecule is Cc1ccccc1C1=C2C=CC(=N)C=C2[Si](C)(C)c2cc(N=Nc3ccc(N(C)C)cc3)ccc21. The number of benzene rings is 3. The van der Waals surface area contributed by atoms with Gasteiger partial charge in [0.25, 0.3) is 0 Å².